The van der Waals surface area contributed by atoms with Crippen LogP contribution in [0.15, 0.2) is 84.9 Å². The smallest absolute Gasteiger partial charge is 0.150 e. The topological polar surface area (TPSA) is 22.0 Å². The molecule has 0 spiro atoms. The van der Waals surface area contributed by atoms with Gasteiger partial charge in [0.05, 0.1) is 16.7 Å². The number of hydrogen-bond acceptors (Lipinski definition) is 1. The minimum absolute atomic E-state index is 0.721. The van der Waals surface area contributed by atoms with Crippen LogP contribution in [0.4, 0.5) is 0 Å². The van der Waals surface area contributed by atoms with E-state index in [1.54, 1.807) is 0 Å². The first-order valence-electron chi connectivity index (χ1n) is 9.09. The maximum atomic E-state index is 11.9. The third kappa shape index (κ3) is 1.77. The number of fused-ring (bicyclic) bond motifs is 8. The standard InChI is InChI=1S/C25H15NO/c27-15-16-7-5-14-23-24(16)19-10-2-1-8-17(19)20-11-6-12-21-18-9-3-4-13-22(18)26(23)25(20)21/h1-15H. The van der Waals surface area contributed by atoms with E-state index in [1.165, 1.54) is 27.4 Å². The SMILES string of the molecule is O=Cc1cccc2c1-c1ccccc1-c1cccc3c4ccccc4n-2c13. The van der Waals surface area contributed by atoms with Crippen molar-refractivity contribution >= 4 is 28.1 Å². The third-order valence-corrected chi connectivity index (χ3v) is 5.62. The molecule has 27 heavy (non-hydrogen) atoms. The fourth-order valence-corrected chi connectivity index (χ4v) is 4.56. The van der Waals surface area contributed by atoms with Gasteiger partial charge in [-0.05, 0) is 23.3 Å². The maximum absolute atomic E-state index is 11.9. The lowest BCUT2D eigenvalue weighted by Crippen LogP contribution is -1.98. The summed E-state index contributed by atoms with van der Waals surface area (Å²) in [5.74, 6) is 0. The van der Waals surface area contributed by atoms with Gasteiger partial charge in [-0.2, -0.15) is 0 Å². The maximum Gasteiger partial charge on any atom is 0.150 e. The summed E-state index contributed by atoms with van der Waals surface area (Å²) in [6.45, 7) is 0. The number of carbonyl (C=O) groups excluding carboxylic acids is 1. The van der Waals surface area contributed by atoms with E-state index in [4.69, 9.17) is 0 Å². The molecule has 0 aliphatic carbocycles. The Bertz CT molecular complexity index is 1390. The number of benzene rings is 4. The Hall–Kier alpha value is -3.65. The summed E-state index contributed by atoms with van der Waals surface area (Å²) in [6.07, 6.45) is 0.967. The lowest BCUT2D eigenvalue weighted by Gasteiger charge is -2.14. The van der Waals surface area contributed by atoms with Gasteiger partial charge in [0.2, 0.25) is 0 Å². The van der Waals surface area contributed by atoms with Crippen LogP contribution in [0.3, 0.4) is 0 Å². The molecule has 0 saturated heterocycles. The molecule has 0 unspecified atom stereocenters. The van der Waals surface area contributed by atoms with E-state index in [-0.39, 0.29) is 0 Å². The number of aromatic nitrogens is 1. The number of nitrogens with zero attached hydrogens (tertiary/aromatic N) is 1. The number of aldehydes is 1. The molecule has 2 heteroatoms. The first-order valence-corrected chi connectivity index (χ1v) is 9.09. The summed E-state index contributed by atoms with van der Waals surface area (Å²) in [5.41, 5.74) is 8.62. The number of carbonyl (C=O) groups is 1. The Morgan fingerprint density at radius 2 is 1.33 bits per heavy atom. The van der Waals surface area contributed by atoms with E-state index in [0.29, 0.717) is 0 Å². The highest BCUT2D eigenvalue weighted by Gasteiger charge is 2.25. The summed E-state index contributed by atoms with van der Waals surface area (Å²) in [6, 6.07) is 29.4. The molecular formula is C25H15NO. The van der Waals surface area contributed by atoms with Gasteiger partial charge >= 0.3 is 0 Å². The van der Waals surface area contributed by atoms with Crippen molar-refractivity contribution in [1.29, 1.82) is 0 Å². The number of rotatable bonds is 1. The lowest BCUT2D eigenvalue weighted by molar-refractivity contribution is 0.112. The molecule has 126 valence electrons. The normalized spacial score (nSPS) is 11.9. The summed E-state index contributed by atoms with van der Waals surface area (Å²) in [4.78, 5) is 11.9. The Morgan fingerprint density at radius 1 is 0.630 bits per heavy atom. The van der Waals surface area contributed by atoms with Crippen LogP contribution in [0.2, 0.25) is 0 Å². The van der Waals surface area contributed by atoms with Crippen LogP contribution in [0.5, 0.6) is 0 Å². The zero-order valence-electron chi connectivity index (χ0n) is 14.5. The van der Waals surface area contributed by atoms with Crippen molar-refractivity contribution in [2.24, 2.45) is 0 Å². The molecule has 0 bridgehead atoms. The molecule has 2 heterocycles. The molecular weight excluding hydrogens is 330 g/mol. The van der Waals surface area contributed by atoms with Crippen molar-refractivity contribution < 1.29 is 4.79 Å². The number of hydrogen-bond donors (Lipinski definition) is 0. The van der Waals surface area contributed by atoms with E-state index in [0.717, 1.165) is 34.2 Å². The molecule has 4 aromatic carbocycles. The fourth-order valence-electron chi connectivity index (χ4n) is 4.56. The van der Waals surface area contributed by atoms with E-state index in [9.17, 15) is 4.79 Å². The van der Waals surface area contributed by atoms with Gasteiger partial charge < -0.3 is 4.57 Å². The van der Waals surface area contributed by atoms with Crippen molar-refractivity contribution in [1.82, 2.24) is 4.57 Å². The van der Waals surface area contributed by atoms with Gasteiger partial charge in [-0.1, -0.05) is 72.8 Å². The second kappa shape index (κ2) is 5.18. The first-order chi connectivity index (χ1) is 13.4. The quantitative estimate of drug-likeness (QED) is 0.323. The van der Waals surface area contributed by atoms with Crippen LogP contribution in [0.25, 0.3) is 49.7 Å². The van der Waals surface area contributed by atoms with Crippen LogP contribution in [0, 0.1) is 0 Å². The van der Waals surface area contributed by atoms with Crippen LogP contribution in [0.1, 0.15) is 10.4 Å². The number of para-hydroxylation sites is 2. The van der Waals surface area contributed by atoms with Crippen LogP contribution >= 0.6 is 0 Å². The van der Waals surface area contributed by atoms with Crippen molar-refractivity contribution in [2.45, 2.75) is 0 Å². The van der Waals surface area contributed by atoms with Gasteiger partial charge in [0, 0.05) is 27.5 Å². The third-order valence-electron chi connectivity index (χ3n) is 5.62. The van der Waals surface area contributed by atoms with Gasteiger partial charge in [-0.25, -0.2) is 0 Å². The Kier molecular flexibility index (Phi) is 2.78. The van der Waals surface area contributed by atoms with E-state index < -0.39 is 0 Å². The molecule has 6 rings (SSSR count). The van der Waals surface area contributed by atoms with Crippen molar-refractivity contribution in [3.8, 4) is 27.9 Å². The zero-order chi connectivity index (χ0) is 18.0. The molecule has 1 aliphatic rings. The summed E-state index contributed by atoms with van der Waals surface area (Å²) in [5, 5.41) is 2.47. The Balaban J connectivity index is 1.98. The van der Waals surface area contributed by atoms with Gasteiger partial charge in [-0.15, -0.1) is 0 Å². The molecule has 1 aliphatic heterocycles. The summed E-state index contributed by atoms with van der Waals surface area (Å²) in [7, 11) is 0. The average molecular weight is 345 g/mol. The highest BCUT2D eigenvalue weighted by atomic mass is 16.1. The first kappa shape index (κ1) is 14.5. The van der Waals surface area contributed by atoms with Crippen molar-refractivity contribution in [3.05, 3.63) is 90.5 Å². The van der Waals surface area contributed by atoms with Crippen LogP contribution in [-0.2, 0) is 0 Å². The molecule has 0 atom stereocenters. The van der Waals surface area contributed by atoms with Gasteiger partial charge in [-0.3, -0.25) is 4.79 Å². The van der Waals surface area contributed by atoms with Crippen LogP contribution < -0.4 is 0 Å². The van der Waals surface area contributed by atoms with Gasteiger partial charge in [0.15, 0.2) is 6.29 Å². The molecule has 0 radical (unpaired) electrons. The highest BCUT2D eigenvalue weighted by Crippen LogP contribution is 2.47. The van der Waals surface area contributed by atoms with Gasteiger partial charge in [0.25, 0.3) is 0 Å². The predicted octanol–water partition coefficient (Wildman–Crippen LogP) is 6.24. The van der Waals surface area contributed by atoms with E-state index in [2.05, 4.69) is 71.3 Å². The highest BCUT2D eigenvalue weighted by molar-refractivity contribution is 6.17. The van der Waals surface area contributed by atoms with Crippen LogP contribution in [-0.4, -0.2) is 10.9 Å². The van der Waals surface area contributed by atoms with Crippen molar-refractivity contribution in [3.63, 3.8) is 0 Å². The Morgan fingerprint density at radius 3 is 2.22 bits per heavy atom. The average Bonchev–Trinajstić information content (AvgIpc) is 3.01. The monoisotopic (exact) mass is 345 g/mol. The second-order valence-electron chi connectivity index (χ2n) is 6.96. The van der Waals surface area contributed by atoms with E-state index in [1.807, 2.05) is 18.2 Å². The second-order valence-corrected chi connectivity index (χ2v) is 6.96. The molecule has 1 aromatic heterocycles. The summed E-state index contributed by atoms with van der Waals surface area (Å²) < 4.78 is 2.32. The molecule has 5 aromatic rings. The lowest BCUT2D eigenvalue weighted by atomic mass is 9.91. The Labute approximate surface area is 156 Å². The molecule has 0 amide bonds. The fraction of sp³-hybridized carbons (Fsp3) is 0. The summed E-state index contributed by atoms with van der Waals surface area (Å²) >= 11 is 0. The molecule has 0 fully saturated rings. The molecule has 0 saturated carbocycles. The van der Waals surface area contributed by atoms with Gasteiger partial charge in [0.1, 0.15) is 0 Å². The minimum atomic E-state index is 0.721. The predicted molar refractivity (Wildman–Crippen MR) is 111 cm³/mol. The van der Waals surface area contributed by atoms with E-state index >= 15 is 0 Å². The minimum Gasteiger partial charge on any atom is -0.308 e. The zero-order valence-corrected chi connectivity index (χ0v) is 14.5. The molecule has 0 N–H and O–H groups in total. The van der Waals surface area contributed by atoms with Crippen molar-refractivity contribution in [2.75, 3.05) is 0 Å². The largest absolute Gasteiger partial charge is 0.308 e. The molecule has 2 nitrogen and oxygen atoms in total.